The molecule has 12 nitrogen and oxygen atoms in total. The van der Waals surface area contributed by atoms with E-state index in [0.717, 1.165) is 68.5 Å². The largest absolute Gasteiger partial charge is 0.486 e. The number of amidine groups is 1. The normalized spacial score (nSPS) is 22.8. The number of β-amino-alcohol motifs (C(OH)–C–C–N with tert-alkyl or cyclic N) is 1. The molecular weight excluding hydrogens is 598 g/mol. The molecular formula is C35H51N7O5. The fraction of sp³-hybridized carbons (Fsp3) is 0.657. The van der Waals surface area contributed by atoms with Gasteiger partial charge < -0.3 is 29.4 Å². The van der Waals surface area contributed by atoms with Crippen LogP contribution in [0.2, 0.25) is 0 Å². The predicted molar refractivity (Wildman–Crippen MR) is 178 cm³/mol. The summed E-state index contributed by atoms with van der Waals surface area (Å²) in [5, 5.41) is 17.7. The molecule has 3 aliphatic heterocycles. The van der Waals surface area contributed by atoms with E-state index in [4.69, 9.17) is 14.1 Å². The third kappa shape index (κ3) is 8.52. The zero-order valence-electron chi connectivity index (χ0n) is 28.1. The van der Waals surface area contributed by atoms with Gasteiger partial charge in [0.15, 0.2) is 12.2 Å². The summed E-state index contributed by atoms with van der Waals surface area (Å²) in [4.78, 5) is 41.6. The minimum Gasteiger partial charge on any atom is -0.486 e. The van der Waals surface area contributed by atoms with Crippen LogP contribution in [-0.2, 0) is 29.2 Å². The molecule has 2 aromatic rings. The van der Waals surface area contributed by atoms with E-state index in [-0.39, 0.29) is 36.4 Å². The molecule has 4 aliphatic rings. The van der Waals surface area contributed by atoms with Gasteiger partial charge in [0.1, 0.15) is 24.4 Å². The zero-order valence-corrected chi connectivity index (χ0v) is 28.1. The van der Waals surface area contributed by atoms with Crippen molar-refractivity contribution in [2.75, 3.05) is 45.8 Å². The van der Waals surface area contributed by atoms with Gasteiger partial charge in [-0.05, 0) is 55.9 Å². The first kappa shape index (κ1) is 33.4. The summed E-state index contributed by atoms with van der Waals surface area (Å²) in [7, 11) is 0. The second kappa shape index (κ2) is 15.2. The topological polar surface area (TPSA) is 136 Å². The number of aromatic nitrogens is 1. The van der Waals surface area contributed by atoms with Crippen LogP contribution in [0.5, 0.6) is 5.75 Å². The number of aliphatic imine (C=N–C) groups is 1. The van der Waals surface area contributed by atoms with Gasteiger partial charge >= 0.3 is 0 Å². The first-order valence-corrected chi connectivity index (χ1v) is 17.4. The summed E-state index contributed by atoms with van der Waals surface area (Å²) in [5.74, 6) is 2.44. The van der Waals surface area contributed by atoms with Gasteiger partial charge in [0.05, 0.1) is 11.8 Å². The molecule has 6 rings (SSSR count). The lowest BCUT2D eigenvalue weighted by Crippen LogP contribution is -2.54. The standard InChI is InChI=1S/C35H51N7O5/c1-23(2)35(45)42-13-11-41(12-14-42)33-17-27(16-32(39-33)38-28-5-4-6-28)34(44)36-18-29(43)20-40-10-9-25-15-30(8-7-26(25)19-40)46-21-31-24(3)37-22-47-31/h7-8,15,22-23,27-29,32,38,43H,4-6,9-14,16-21H2,1-3H3,(H,36,44)/t27?,29-,32?/m0/s1. The fourth-order valence-electron chi connectivity index (χ4n) is 6.94. The van der Waals surface area contributed by atoms with E-state index in [0.29, 0.717) is 45.1 Å². The van der Waals surface area contributed by atoms with Crippen molar-refractivity contribution in [1.29, 1.82) is 0 Å². The maximum absolute atomic E-state index is 13.5. The number of oxazole rings is 1. The summed E-state index contributed by atoms with van der Waals surface area (Å²) >= 11 is 0. The SMILES string of the molecule is Cc1ncoc1COc1ccc2c(c1)CCN(C[C@@H](O)CNC(=O)C1CC(N3CCN(C(=O)C(C)C)CC3)=NC(NC3CCC3)C1)C2. The number of aliphatic hydroxyl groups is 1. The maximum Gasteiger partial charge on any atom is 0.225 e. The van der Waals surface area contributed by atoms with Crippen molar-refractivity contribution < 1.29 is 23.8 Å². The van der Waals surface area contributed by atoms with Crippen LogP contribution in [-0.4, -0.2) is 107 Å². The Morgan fingerprint density at radius 2 is 1.94 bits per heavy atom. The number of nitrogens with zero attached hydrogens (tertiary/aromatic N) is 5. The predicted octanol–water partition coefficient (Wildman–Crippen LogP) is 2.47. The second-order valence-electron chi connectivity index (χ2n) is 13.9. The number of ether oxygens (including phenoxy) is 1. The van der Waals surface area contributed by atoms with Gasteiger partial charge in [-0.2, -0.15) is 0 Å². The van der Waals surface area contributed by atoms with Crippen LogP contribution in [0.4, 0.5) is 0 Å². The molecule has 3 atom stereocenters. The first-order valence-electron chi connectivity index (χ1n) is 17.4. The van der Waals surface area contributed by atoms with Crippen molar-refractivity contribution in [2.24, 2.45) is 16.8 Å². The molecule has 47 heavy (non-hydrogen) atoms. The van der Waals surface area contributed by atoms with E-state index < -0.39 is 6.10 Å². The van der Waals surface area contributed by atoms with Crippen molar-refractivity contribution in [3.8, 4) is 5.75 Å². The Labute approximate surface area is 277 Å². The van der Waals surface area contributed by atoms with Crippen LogP contribution < -0.4 is 15.4 Å². The molecule has 2 fully saturated rings. The summed E-state index contributed by atoms with van der Waals surface area (Å²) < 4.78 is 11.3. The van der Waals surface area contributed by atoms with E-state index in [1.807, 2.05) is 31.7 Å². The lowest BCUT2D eigenvalue weighted by atomic mass is 9.90. The molecule has 1 saturated carbocycles. The van der Waals surface area contributed by atoms with E-state index in [1.54, 1.807) is 0 Å². The molecule has 12 heteroatoms. The molecule has 0 radical (unpaired) electrons. The number of hydrogen-bond donors (Lipinski definition) is 3. The molecule has 3 N–H and O–H groups in total. The highest BCUT2D eigenvalue weighted by molar-refractivity contribution is 5.90. The van der Waals surface area contributed by atoms with Crippen molar-refractivity contribution >= 4 is 17.6 Å². The van der Waals surface area contributed by atoms with Crippen LogP contribution in [0.3, 0.4) is 0 Å². The molecule has 1 saturated heterocycles. The summed E-state index contributed by atoms with van der Waals surface area (Å²) in [6.45, 7) is 11.2. The third-order valence-corrected chi connectivity index (χ3v) is 10.1. The highest BCUT2D eigenvalue weighted by Gasteiger charge is 2.35. The number of piperazine rings is 1. The van der Waals surface area contributed by atoms with Crippen LogP contribution in [0.1, 0.15) is 68.5 Å². The average Bonchev–Trinajstić information content (AvgIpc) is 3.48. The van der Waals surface area contributed by atoms with Gasteiger partial charge in [0.25, 0.3) is 0 Å². The summed E-state index contributed by atoms with van der Waals surface area (Å²) in [6, 6.07) is 6.63. The molecule has 4 heterocycles. The highest BCUT2D eigenvalue weighted by atomic mass is 16.5. The smallest absolute Gasteiger partial charge is 0.225 e. The third-order valence-electron chi connectivity index (χ3n) is 10.1. The van der Waals surface area contributed by atoms with Crippen molar-refractivity contribution in [2.45, 2.75) is 90.8 Å². The van der Waals surface area contributed by atoms with Crippen molar-refractivity contribution in [3.05, 3.63) is 47.2 Å². The summed E-state index contributed by atoms with van der Waals surface area (Å²) in [6.07, 6.45) is 6.31. The number of aliphatic hydroxyl groups excluding tert-OH is 1. The van der Waals surface area contributed by atoms with Crippen LogP contribution in [0, 0.1) is 18.8 Å². The number of nitrogens with one attached hydrogen (secondary N) is 2. The molecule has 256 valence electrons. The number of aryl methyl sites for hydroxylation is 1. The Kier molecular flexibility index (Phi) is 10.8. The Bertz CT molecular complexity index is 1410. The number of carbonyl (C=O) groups is 2. The monoisotopic (exact) mass is 649 g/mol. The van der Waals surface area contributed by atoms with E-state index in [9.17, 15) is 14.7 Å². The first-order chi connectivity index (χ1) is 22.7. The molecule has 2 amide bonds. The number of rotatable bonds is 11. The van der Waals surface area contributed by atoms with E-state index in [1.165, 1.54) is 23.9 Å². The summed E-state index contributed by atoms with van der Waals surface area (Å²) in [5.41, 5.74) is 3.31. The quantitative estimate of drug-likeness (QED) is 0.336. The second-order valence-corrected chi connectivity index (χ2v) is 13.9. The lowest BCUT2D eigenvalue weighted by Gasteiger charge is -2.41. The van der Waals surface area contributed by atoms with Gasteiger partial charge in [-0.1, -0.05) is 26.3 Å². The van der Waals surface area contributed by atoms with E-state index >= 15 is 0 Å². The van der Waals surface area contributed by atoms with Crippen LogP contribution in [0.15, 0.2) is 34.0 Å². The van der Waals surface area contributed by atoms with E-state index in [2.05, 4.69) is 37.6 Å². The maximum atomic E-state index is 13.5. The number of amides is 2. The number of benzene rings is 1. The van der Waals surface area contributed by atoms with Gasteiger partial charge in [0.2, 0.25) is 11.8 Å². The van der Waals surface area contributed by atoms with Crippen molar-refractivity contribution in [1.82, 2.24) is 30.3 Å². The van der Waals surface area contributed by atoms with Gasteiger partial charge in [-0.3, -0.25) is 24.8 Å². The van der Waals surface area contributed by atoms with Crippen LogP contribution in [0.25, 0.3) is 0 Å². The molecule has 2 unspecified atom stereocenters. The van der Waals surface area contributed by atoms with Gasteiger partial charge in [-0.15, -0.1) is 0 Å². The Balaban J connectivity index is 0.976. The molecule has 1 aliphatic carbocycles. The molecule has 1 aromatic heterocycles. The zero-order chi connectivity index (χ0) is 32.9. The Morgan fingerprint density at radius 3 is 2.64 bits per heavy atom. The lowest BCUT2D eigenvalue weighted by molar-refractivity contribution is -0.135. The Morgan fingerprint density at radius 1 is 1.13 bits per heavy atom. The minimum atomic E-state index is -0.666. The average molecular weight is 650 g/mol. The highest BCUT2D eigenvalue weighted by Crippen LogP contribution is 2.27. The fourth-order valence-corrected chi connectivity index (χ4v) is 6.94. The van der Waals surface area contributed by atoms with Crippen LogP contribution >= 0.6 is 0 Å². The number of carbonyl (C=O) groups excluding carboxylic acids is 2. The molecule has 0 bridgehead atoms. The number of hydrogen-bond acceptors (Lipinski definition) is 10. The van der Waals surface area contributed by atoms with Crippen molar-refractivity contribution in [3.63, 3.8) is 0 Å². The minimum absolute atomic E-state index is 0.00607. The Hall–Kier alpha value is -3.48. The molecule has 0 spiro atoms. The number of fused-ring (bicyclic) bond motifs is 1. The molecule has 1 aromatic carbocycles. The van der Waals surface area contributed by atoms with Gasteiger partial charge in [0, 0.05) is 76.7 Å². The van der Waals surface area contributed by atoms with Gasteiger partial charge in [-0.25, -0.2) is 4.98 Å².